The third-order valence-corrected chi connectivity index (χ3v) is 3.22. The molecule has 2 aromatic rings. The van der Waals surface area contributed by atoms with Crippen molar-refractivity contribution < 1.29 is 0 Å². The number of halogens is 2. The number of alkyl halides is 2. The zero-order valence-corrected chi connectivity index (χ0v) is 10.6. The zero-order valence-electron chi connectivity index (χ0n) is 9.05. The van der Waals surface area contributed by atoms with E-state index in [0.717, 1.165) is 12.8 Å². The minimum atomic E-state index is 0.656. The minimum absolute atomic E-state index is 0.656. The maximum atomic E-state index is 5.88. The fourth-order valence-corrected chi connectivity index (χ4v) is 2.50. The standard InChI is InChI=1S/C14H14Cl2/c15-9-7-12-6-5-11-3-1-2-4-13(11)14(12)8-10-16/h1-6H,7-10H2. The van der Waals surface area contributed by atoms with E-state index in [1.165, 1.54) is 21.9 Å². The largest absolute Gasteiger partial charge is 0.126 e. The highest BCUT2D eigenvalue weighted by Crippen LogP contribution is 2.24. The van der Waals surface area contributed by atoms with Crippen LogP contribution in [0, 0.1) is 0 Å². The van der Waals surface area contributed by atoms with Crippen molar-refractivity contribution in [1.29, 1.82) is 0 Å². The molecule has 0 N–H and O–H groups in total. The average Bonchev–Trinajstić information content (AvgIpc) is 2.32. The molecule has 84 valence electrons. The Kier molecular flexibility index (Phi) is 4.09. The molecule has 0 spiro atoms. The summed E-state index contributed by atoms with van der Waals surface area (Å²) < 4.78 is 0. The molecule has 2 rings (SSSR count). The molecule has 0 heterocycles. The summed E-state index contributed by atoms with van der Waals surface area (Å²) in [6.45, 7) is 0. The SMILES string of the molecule is ClCCc1ccc2ccccc2c1CCCl. The minimum Gasteiger partial charge on any atom is -0.126 e. The molecule has 0 aromatic heterocycles. The number of hydrogen-bond acceptors (Lipinski definition) is 0. The fourth-order valence-electron chi connectivity index (χ4n) is 2.11. The molecule has 0 aliphatic rings. The number of rotatable bonds is 4. The summed E-state index contributed by atoms with van der Waals surface area (Å²) in [5, 5.41) is 2.59. The van der Waals surface area contributed by atoms with Crippen molar-refractivity contribution >= 4 is 34.0 Å². The summed E-state index contributed by atoms with van der Waals surface area (Å²) in [4.78, 5) is 0. The van der Waals surface area contributed by atoms with Crippen LogP contribution in [-0.2, 0) is 12.8 Å². The Bertz CT molecular complexity index is 477. The highest BCUT2D eigenvalue weighted by Gasteiger charge is 2.06. The van der Waals surface area contributed by atoms with Gasteiger partial charge in [0.15, 0.2) is 0 Å². The van der Waals surface area contributed by atoms with Gasteiger partial charge in [0.1, 0.15) is 0 Å². The van der Waals surface area contributed by atoms with Gasteiger partial charge in [-0.25, -0.2) is 0 Å². The Morgan fingerprint density at radius 3 is 2.31 bits per heavy atom. The van der Waals surface area contributed by atoms with Gasteiger partial charge in [0.05, 0.1) is 0 Å². The first-order valence-electron chi connectivity index (χ1n) is 5.48. The molecular formula is C14H14Cl2. The third-order valence-electron chi connectivity index (χ3n) is 2.85. The molecule has 0 bridgehead atoms. The van der Waals surface area contributed by atoms with E-state index in [9.17, 15) is 0 Å². The maximum Gasteiger partial charge on any atom is 0.0264 e. The van der Waals surface area contributed by atoms with Crippen molar-refractivity contribution in [3.8, 4) is 0 Å². The quantitative estimate of drug-likeness (QED) is 0.708. The first-order valence-corrected chi connectivity index (χ1v) is 6.55. The molecule has 0 unspecified atom stereocenters. The van der Waals surface area contributed by atoms with Gasteiger partial charge in [-0.15, -0.1) is 23.2 Å². The normalized spacial score (nSPS) is 10.9. The monoisotopic (exact) mass is 252 g/mol. The summed E-state index contributed by atoms with van der Waals surface area (Å²) in [5.41, 5.74) is 2.68. The van der Waals surface area contributed by atoms with Crippen molar-refractivity contribution in [2.75, 3.05) is 11.8 Å². The van der Waals surface area contributed by atoms with Gasteiger partial charge in [-0.05, 0) is 34.7 Å². The van der Waals surface area contributed by atoms with E-state index < -0.39 is 0 Å². The predicted octanol–water partition coefficient (Wildman–Crippen LogP) is 4.40. The summed E-state index contributed by atoms with van der Waals surface area (Å²) in [6, 6.07) is 12.8. The number of benzene rings is 2. The Morgan fingerprint density at radius 2 is 1.56 bits per heavy atom. The van der Waals surface area contributed by atoms with E-state index in [2.05, 4.69) is 36.4 Å². The van der Waals surface area contributed by atoms with Crippen LogP contribution in [0.2, 0.25) is 0 Å². The highest BCUT2D eigenvalue weighted by molar-refractivity contribution is 6.18. The molecule has 2 aromatic carbocycles. The number of hydrogen-bond donors (Lipinski definition) is 0. The Morgan fingerprint density at radius 1 is 0.812 bits per heavy atom. The van der Waals surface area contributed by atoms with Crippen molar-refractivity contribution in [2.45, 2.75) is 12.8 Å². The molecule has 16 heavy (non-hydrogen) atoms. The lowest BCUT2D eigenvalue weighted by Gasteiger charge is -2.11. The van der Waals surface area contributed by atoms with Crippen LogP contribution in [-0.4, -0.2) is 11.8 Å². The second-order valence-electron chi connectivity index (χ2n) is 3.80. The van der Waals surface area contributed by atoms with Crippen molar-refractivity contribution in [1.82, 2.24) is 0 Å². The van der Waals surface area contributed by atoms with Crippen molar-refractivity contribution in [3.05, 3.63) is 47.5 Å². The first kappa shape index (κ1) is 11.8. The second-order valence-corrected chi connectivity index (χ2v) is 4.56. The van der Waals surface area contributed by atoms with Crippen LogP contribution in [0.1, 0.15) is 11.1 Å². The summed E-state index contributed by atoms with van der Waals surface area (Å²) in [5.74, 6) is 1.32. The van der Waals surface area contributed by atoms with Gasteiger partial charge in [0.2, 0.25) is 0 Å². The second kappa shape index (κ2) is 5.56. The van der Waals surface area contributed by atoms with Gasteiger partial charge < -0.3 is 0 Å². The molecule has 0 radical (unpaired) electrons. The molecule has 0 nitrogen and oxygen atoms in total. The van der Waals surface area contributed by atoms with Crippen molar-refractivity contribution in [2.24, 2.45) is 0 Å². The number of fused-ring (bicyclic) bond motifs is 1. The van der Waals surface area contributed by atoms with E-state index in [4.69, 9.17) is 23.2 Å². The van der Waals surface area contributed by atoms with E-state index >= 15 is 0 Å². The molecule has 0 aliphatic carbocycles. The van der Waals surface area contributed by atoms with E-state index in [1.807, 2.05) is 0 Å². The van der Waals surface area contributed by atoms with Gasteiger partial charge in [0.25, 0.3) is 0 Å². The van der Waals surface area contributed by atoms with Crippen LogP contribution < -0.4 is 0 Å². The topological polar surface area (TPSA) is 0 Å². The van der Waals surface area contributed by atoms with Crippen LogP contribution in [0.4, 0.5) is 0 Å². The first-order chi connectivity index (χ1) is 7.86. The Balaban J connectivity index is 2.58. The molecule has 0 saturated heterocycles. The smallest absolute Gasteiger partial charge is 0.0264 e. The molecule has 0 amide bonds. The van der Waals surface area contributed by atoms with Crippen LogP contribution in [0.25, 0.3) is 10.8 Å². The van der Waals surface area contributed by atoms with Crippen LogP contribution in [0.5, 0.6) is 0 Å². The lowest BCUT2D eigenvalue weighted by atomic mass is 9.96. The lowest BCUT2D eigenvalue weighted by molar-refractivity contribution is 1.06. The average molecular weight is 253 g/mol. The molecule has 0 fully saturated rings. The lowest BCUT2D eigenvalue weighted by Crippen LogP contribution is -1.98. The molecule has 0 saturated carbocycles. The molecule has 0 atom stereocenters. The third kappa shape index (κ3) is 2.34. The van der Waals surface area contributed by atoms with Crippen LogP contribution >= 0.6 is 23.2 Å². The zero-order chi connectivity index (χ0) is 11.4. The van der Waals surface area contributed by atoms with Gasteiger partial charge in [-0.2, -0.15) is 0 Å². The van der Waals surface area contributed by atoms with E-state index in [0.29, 0.717) is 11.8 Å². The van der Waals surface area contributed by atoms with Gasteiger partial charge in [-0.3, -0.25) is 0 Å². The van der Waals surface area contributed by atoms with Gasteiger partial charge >= 0.3 is 0 Å². The summed E-state index contributed by atoms with van der Waals surface area (Å²) in [6.07, 6.45) is 1.83. The maximum absolute atomic E-state index is 5.88. The highest BCUT2D eigenvalue weighted by atomic mass is 35.5. The van der Waals surface area contributed by atoms with Crippen LogP contribution in [0.3, 0.4) is 0 Å². The predicted molar refractivity (Wildman–Crippen MR) is 72.8 cm³/mol. The Hall–Kier alpha value is -0.720. The molecule has 2 heteroatoms. The summed E-state index contributed by atoms with van der Waals surface area (Å²) in [7, 11) is 0. The van der Waals surface area contributed by atoms with Crippen molar-refractivity contribution in [3.63, 3.8) is 0 Å². The van der Waals surface area contributed by atoms with E-state index in [1.54, 1.807) is 0 Å². The van der Waals surface area contributed by atoms with Gasteiger partial charge in [-0.1, -0.05) is 36.4 Å². The van der Waals surface area contributed by atoms with E-state index in [-0.39, 0.29) is 0 Å². The summed E-state index contributed by atoms with van der Waals surface area (Å²) >= 11 is 11.7. The Labute approximate surface area is 106 Å². The molecular weight excluding hydrogens is 239 g/mol. The number of aryl methyl sites for hydroxylation is 2. The van der Waals surface area contributed by atoms with Gasteiger partial charge in [0, 0.05) is 11.8 Å². The fraction of sp³-hybridized carbons (Fsp3) is 0.286. The van der Waals surface area contributed by atoms with Crippen LogP contribution in [0.15, 0.2) is 36.4 Å². The molecule has 0 aliphatic heterocycles.